The first kappa shape index (κ1) is 30.3. The number of carbonyl (C=O) groups is 2. The number of thiazole rings is 1. The highest BCUT2D eigenvalue weighted by molar-refractivity contribution is 7.19. The number of aromatic nitrogens is 2. The Bertz CT molecular complexity index is 1480. The molecule has 0 saturated carbocycles. The predicted octanol–water partition coefficient (Wildman–Crippen LogP) is 4.83. The molecule has 3 aromatic rings. The fourth-order valence-electron chi connectivity index (χ4n) is 6.84. The first-order chi connectivity index (χ1) is 20.5. The number of carbonyl (C=O) groups excluding carboxylic acids is 2. The average molecular weight is 604 g/mol. The van der Waals surface area contributed by atoms with Crippen molar-refractivity contribution < 1.29 is 14.7 Å². The van der Waals surface area contributed by atoms with Crippen molar-refractivity contribution >= 4 is 33.4 Å². The zero-order chi connectivity index (χ0) is 30.3. The van der Waals surface area contributed by atoms with Gasteiger partial charge in [-0.1, -0.05) is 44.2 Å². The Morgan fingerprint density at radius 1 is 1.12 bits per heavy atom. The van der Waals surface area contributed by atoms with Crippen molar-refractivity contribution in [2.45, 2.75) is 83.8 Å². The van der Waals surface area contributed by atoms with E-state index in [2.05, 4.69) is 31.7 Å². The van der Waals surface area contributed by atoms with Crippen LogP contribution in [-0.2, 0) is 12.8 Å². The number of aliphatic hydroxyl groups is 1. The molecule has 1 aliphatic carbocycles. The Hall–Kier alpha value is -2.72. The van der Waals surface area contributed by atoms with E-state index in [1.165, 1.54) is 16.9 Å². The third-order valence-corrected chi connectivity index (χ3v) is 10.8. The van der Waals surface area contributed by atoms with Crippen LogP contribution in [0.2, 0.25) is 0 Å². The maximum Gasteiger partial charge on any atom is 0.253 e. The highest BCUT2D eigenvalue weighted by Gasteiger charge is 2.31. The molecule has 8 nitrogen and oxygen atoms in total. The van der Waals surface area contributed by atoms with Gasteiger partial charge in [0.15, 0.2) is 10.8 Å². The number of rotatable bonds is 8. The van der Waals surface area contributed by atoms with Gasteiger partial charge in [0.05, 0.1) is 6.10 Å². The average Bonchev–Trinajstić information content (AvgIpc) is 3.39. The van der Waals surface area contributed by atoms with E-state index in [1.807, 2.05) is 24.3 Å². The number of Topliss-reactive ketones (excluding diaryl/α,β-unsaturated/α-hetero) is 1. The molecule has 0 unspecified atom stereocenters. The van der Waals surface area contributed by atoms with Crippen molar-refractivity contribution in [2.24, 2.45) is 17.1 Å². The number of aryl methyl sites for hydroxylation is 1. The Balaban J connectivity index is 1.21. The summed E-state index contributed by atoms with van der Waals surface area (Å²) in [5.74, 6) is 0.585. The van der Waals surface area contributed by atoms with Crippen LogP contribution in [0, 0.1) is 11.3 Å². The van der Waals surface area contributed by atoms with Crippen molar-refractivity contribution in [2.75, 3.05) is 32.7 Å². The minimum atomic E-state index is -0.219. The predicted molar refractivity (Wildman–Crippen MR) is 171 cm³/mol. The van der Waals surface area contributed by atoms with Gasteiger partial charge >= 0.3 is 0 Å². The SMILES string of the molecule is CC(C)(C)[C@H]1CCc2nc3sc(C(=O)C[C@H](CCN4CCC(O)CC4)c4cccc(C(=O)N5CC(N)C5)c4)nc3cc2C1. The van der Waals surface area contributed by atoms with Gasteiger partial charge in [-0.15, -0.1) is 0 Å². The van der Waals surface area contributed by atoms with Crippen molar-refractivity contribution in [3.63, 3.8) is 0 Å². The summed E-state index contributed by atoms with van der Waals surface area (Å²) in [5, 5.41) is 10.5. The largest absolute Gasteiger partial charge is 0.393 e. The van der Waals surface area contributed by atoms with Gasteiger partial charge in [-0.3, -0.25) is 9.59 Å². The molecule has 1 amide bonds. The lowest BCUT2D eigenvalue weighted by atomic mass is 9.71. The van der Waals surface area contributed by atoms with Gasteiger partial charge in [0.25, 0.3) is 5.91 Å². The van der Waals surface area contributed by atoms with E-state index < -0.39 is 0 Å². The standard InChI is InChI=1S/C34H45N5O3S/c1-34(2,3)25-7-8-28-24(16-25)17-29-31(36-28)43-32(37-29)30(41)18-22(9-12-38-13-10-27(40)11-14-38)21-5-4-6-23(15-21)33(42)39-19-26(35)20-39/h4-6,15,17,22,25-27,40H,7-14,16,18-20,35H2,1-3H3/t22-,25-/m0/s1. The highest BCUT2D eigenvalue weighted by Crippen LogP contribution is 2.38. The van der Waals surface area contributed by atoms with Crippen molar-refractivity contribution in [3.8, 4) is 0 Å². The normalized spacial score (nSPS) is 21.0. The third kappa shape index (κ3) is 6.85. The number of aliphatic hydroxyl groups excluding tert-OH is 1. The summed E-state index contributed by atoms with van der Waals surface area (Å²) in [6.45, 7) is 10.7. The van der Waals surface area contributed by atoms with Crippen LogP contribution in [0.4, 0.5) is 0 Å². The Labute approximate surface area is 258 Å². The van der Waals surface area contributed by atoms with Crippen molar-refractivity contribution in [3.05, 3.63) is 57.7 Å². The number of likely N-dealkylation sites (tertiary alicyclic amines) is 2. The second-order valence-corrected chi connectivity index (χ2v) is 15.0. The molecule has 6 rings (SSSR count). The van der Waals surface area contributed by atoms with Crippen LogP contribution >= 0.6 is 11.3 Å². The molecule has 4 heterocycles. The van der Waals surface area contributed by atoms with Gasteiger partial charge in [0.2, 0.25) is 0 Å². The number of pyridine rings is 1. The van der Waals surface area contributed by atoms with Crippen LogP contribution in [-0.4, -0.2) is 81.4 Å². The molecule has 0 bridgehead atoms. The lowest BCUT2D eigenvalue weighted by Crippen LogP contribution is -2.57. The molecule has 3 aliphatic rings. The number of hydrogen-bond acceptors (Lipinski definition) is 8. The van der Waals surface area contributed by atoms with Gasteiger partial charge in [-0.2, -0.15) is 0 Å². The fraction of sp³-hybridized carbons (Fsp3) is 0.588. The summed E-state index contributed by atoms with van der Waals surface area (Å²) in [4.78, 5) is 41.6. The topological polar surface area (TPSA) is 113 Å². The van der Waals surface area contributed by atoms with Gasteiger partial charge in [0, 0.05) is 49.9 Å². The van der Waals surface area contributed by atoms with Gasteiger partial charge in [-0.25, -0.2) is 9.97 Å². The monoisotopic (exact) mass is 603 g/mol. The molecule has 43 heavy (non-hydrogen) atoms. The quantitative estimate of drug-likeness (QED) is 0.355. The minimum absolute atomic E-state index is 0.00596. The van der Waals surface area contributed by atoms with E-state index in [0.717, 1.165) is 79.8 Å². The number of fused-ring (bicyclic) bond motifs is 2. The van der Waals surface area contributed by atoms with E-state index in [-0.39, 0.29) is 35.2 Å². The minimum Gasteiger partial charge on any atom is -0.393 e. The van der Waals surface area contributed by atoms with Crippen LogP contribution in [0.1, 0.15) is 95.8 Å². The van der Waals surface area contributed by atoms with E-state index in [4.69, 9.17) is 15.7 Å². The summed E-state index contributed by atoms with van der Waals surface area (Å²) in [5.41, 5.74) is 11.1. The lowest BCUT2D eigenvalue weighted by Gasteiger charge is -2.37. The summed E-state index contributed by atoms with van der Waals surface area (Å²) >= 11 is 1.41. The maximum atomic E-state index is 13.8. The molecule has 2 fully saturated rings. The number of piperidine rings is 1. The van der Waals surface area contributed by atoms with Crippen molar-refractivity contribution in [1.29, 1.82) is 0 Å². The first-order valence-corrected chi connectivity index (χ1v) is 16.7. The highest BCUT2D eigenvalue weighted by atomic mass is 32.1. The number of hydrogen-bond donors (Lipinski definition) is 2. The van der Waals surface area contributed by atoms with Crippen LogP contribution < -0.4 is 5.73 Å². The van der Waals surface area contributed by atoms with E-state index >= 15 is 0 Å². The molecule has 2 saturated heterocycles. The van der Waals surface area contributed by atoms with E-state index in [1.54, 1.807) is 4.90 Å². The molecule has 9 heteroatoms. The number of amides is 1. The molecule has 2 aromatic heterocycles. The summed E-state index contributed by atoms with van der Waals surface area (Å²) < 4.78 is 0. The van der Waals surface area contributed by atoms with Crippen molar-refractivity contribution in [1.82, 2.24) is 19.8 Å². The molecule has 2 atom stereocenters. The molecular weight excluding hydrogens is 558 g/mol. The summed E-state index contributed by atoms with van der Waals surface area (Å²) in [6.07, 6.45) is 5.59. The zero-order valence-electron chi connectivity index (χ0n) is 25.7. The van der Waals surface area contributed by atoms with Gasteiger partial charge in [-0.05, 0) is 91.6 Å². The third-order valence-electron chi connectivity index (χ3n) is 9.80. The number of nitrogens with two attached hydrogens (primary N) is 1. The van der Waals surface area contributed by atoms with Gasteiger partial charge in [0.1, 0.15) is 10.3 Å². The van der Waals surface area contributed by atoms with Crippen LogP contribution in [0.5, 0.6) is 0 Å². The molecule has 3 N–H and O–H groups in total. The molecular formula is C34H45N5O3S. The first-order valence-electron chi connectivity index (χ1n) is 15.9. The number of benzene rings is 1. The number of ketones is 1. The second-order valence-electron chi connectivity index (χ2n) is 14.0. The Kier molecular flexibility index (Phi) is 8.70. The smallest absolute Gasteiger partial charge is 0.253 e. The van der Waals surface area contributed by atoms with Gasteiger partial charge < -0.3 is 20.6 Å². The van der Waals surface area contributed by atoms with E-state index in [9.17, 15) is 14.7 Å². The summed E-state index contributed by atoms with van der Waals surface area (Å²) in [6, 6.07) is 10.00. The fourth-order valence-corrected chi connectivity index (χ4v) is 7.73. The molecule has 0 spiro atoms. The zero-order valence-corrected chi connectivity index (χ0v) is 26.5. The molecule has 1 aromatic carbocycles. The lowest BCUT2D eigenvalue weighted by molar-refractivity contribution is 0.0608. The van der Waals surface area contributed by atoms with Crippen LogP contribution in [0.25, 0.3) is 10.3 Å². The molecule has 0 radical (unpaired) electrons. The van der Waals surface area contributed by atoms with E-state index in [0.29, 0.717) is 36.0 Å². The maximum absolute atomic E-state index is 13.8. The Morgan fingerprint density at radius 2 is 1.88 bits per heavy atom. The molecule has 2 aliphatic heterocycles. The summed E-state index contributed by atoms with van der Waals surface area (Å²) in [7, 11) is 0. The Morgan fingerprint density at radius 3 is 2.60 bits per heavy atom. The second kappa shape index (κ2) is 12.3. The molecule has 230 valence electrons. The number of nitrogens with zero attached hydrogens (tertiary/aromatic N) is 4. The van der Waals surface area contributed by atoms with Crippen LogP contribution in [0.3, 0.4) is 0 Å². The van der Waals surface area contributed by atoms with Crippen LogP contribution in [0.15, 0.2) is 30.3 Å².